The molecule has 1 aromatic rings. The van der Waals surface area contributed by atoms with Crippen LogP contribution in [-0.4, -0.2) is 23.6 Å². The van der Waals surface area contributed by atoms with Gasteiger partial charge in [0.2, 0.25) is 5.28 Å². The Labute approximate surface area is 90.1 Å². The lowest BCUT2D eigenvalue weighted by molar-refractivity contribution is 0.417. The van der Waals surface area contributed by atoms with Crippen LogP contribution in [0.1, 0.15) is 20.8 Å². The summed E-state index contributed by atoms with van der Waals surface area (Å²) < 4.78 is 0. The van der Waals surface area contributed by atoms with Crippen LogP contribution in [0.15, 0.2) is 12.3 Å². The maximum Gasteiger partial charge on any atom is 0.224 e. The molecule has 3 nitrogen and oxygen atoms in total. The average molecular weight is 214 g/mol. The van der Waals surface area contributed by atoms with Crippen LogP contribution < -0.4 is 4.90 Å². The Morgan fingerprint density at radius 2 is 2.07 bits per heavy atom. The summed E-state index contributed by atoms with van der Waals surface area (Å²) in [6.07, 6.45) is 1.67. The van der Waals surface area contributed by atoms with Gasteiger partial charge in [0, 0.05) is 19.8 Å². The zero-order valence-electron chi connectivity index (χ0n) is 9.08. The second-order valence-electron chi connectivity index (χ2n) is 4.60. The Hall–Kier alpha value is -0.830. The van der Waals surface area contributed by atoms with E-state index in [0.29, 0.717) is 5.28 Å². The Bertz CT molecular complexity index is 306. The molecule has 78 valence electrons. The lowest BCUT2D eigenvalue weighted by Gasteiger charge is -2.27. The van der Waals surface area contributed by atoms with E-state index in [1.807, 2.05) is 13.1 Å². The highest BCUT2D eigenvalue weighted by Gasteiger charge is 2.14. The first-order valence-corrected chi connectivity index (χ1v) is 4.96. The van der Waals surface area contributed by atoms with Gasteiger partial charge in [-0.2, -0.15) is 0 Å². The fraction of sp³-hybridized carbons (Fsp3) is 0.600. The van der Waals surface area contributed by atoms with Crippen molar-refractivity contribution in [3.63, 3.8) is 0 Å². The first-order chi connectivity index (χ1) is 6.38. The van der Waals surface area contributed by atoms with Gasteiger partial charge in [0.25, 0.3) is 0 Å². The molecular formula is C10H16ClN3. The number of aromatic nitrogens is 2. The van der Waals surface area contributed by atoms with E-state index in [0.717, 1.165) is 12.4 Å². The minimum absolute atomic E-state index is 0.242. The van der Waals surface area contributed by atoms with Crippen LogP contribution in [-0.2, 0) is 0 Å². The number of rotatable bonds is 2. The van der Waals surface area contributed by atoms with E-state index in [1.54, 1.807) is 6.20 Å². The lowest BCUT2D eigenvalue weighted by Crippen LogP contribution is -2.29. The van der Waals surface area contributed by atoms with Crippen molar-refractivity contribution < 1.29 is 0 Å². The van der Waals surface area contributed by atoms with Crippen LogP contribution in [0.4, 0.5) is 5.82 Å². The summed E-state index contributed by atoms with van der Waals surface area (Å²) >= 11 is 5.71. The second-order valence-corrected chi connectivity index (χ2v) is 4.94. The summed E-state index contributed by atoms with van der Waals surface area (Å²) in [5, 5.41) is 0.295. The molecule has 0 amide bonds. The van der Waals surface area contributed by atoms with Crippen molar-refractivity contribution in [1.29, 1.82) is 0 Å². The van der Waals surface area contributed by atoms with E-state index < -0.39 is 0 Å². The van der Waals surface area contributed by atoms with Gasteiger partial charge in [0.05, 0.1) is 0 Å². The van der Waals surface area contributed by atoms with Crippen molar-refractivity contribution in [1.82, 2.24) is 9.97 Å². The normalized spacial score (nSPS) is 11.5. The minimum Gasteiger partial charge on any atom is -0.359 e. The Morgan fingerprint density at radius 3 is 2.57 bits per heavy atom. The van der Waals surface area contributed by atoms with E-state index >= 15 is 0 Å². The summed E-state index contributed by atoms with van der Waals surface area (Å²) in [5.41, 5.74) is 0.242. The Kier molecular flexibility index (Phi) is 3.32. The molecule has 0 unspecified atom stereocenters. The van der Waals surface area contributed by atoms with E-state index in [-0.39, 0.29) is 5.41 Å². The van der Waals surface area contributed by atoms with Gasteiger partial charge in [0.1, 0.15) is 5.82 Å². The lowest BCUT2D eigenvalue weighted by atomic mass is 9.96. The molecule has 0 saturated carbocycles. The van der Waals surface area contributed by atoms with E-state index in [9.17, 15) is 0 Å². The van der Waals surface area contributed by atoms with Crippen molar-refractivity contribution in [2.45, 2.75) is 20.8 Å². The number of hydrogen-bond acceptors (Lipinski definition) is 3. The van der Waals surface area contributed by atoms with Crippen LogP contribution in [0.3, 0.4) is 0 Å². The molecule has 1 rings (SSSR count). The molecule has 0 atom stereocenters. The maximum atomic E-state index is 5.71. The number of nitrogens with zero attached hydrogens (tertiary/aromatic N) is 3. The predicted molar refractivity (Wildman–Crippen MR) is 59.8 cm³/mol. The van der Waals surface area contributed by atoms with Crippen molar-refractivity contribution in [3.8, 4) is 0 Å². The molecule has 0 saturated heterocycles. The molecule has 0 fully saturated rings. The molecular weight excluding hydrogens is 198 g/mol. The van der Waals surface area contributed by atoms with Crippen molar-refractivity contribution >= 4 is 17.4 Å². The zero-order valence-corrected chi connectivity index (χ0v) is 9.84. The number of hydrogen-bond donors (Lipinski definition) is 0. The standard InChI is InChI=1S/C10H16ClN3/c1-10(2,3)7-14(4)8-5-6-12-9(11)13-8/h5-6H,7H2,1-4H3. The summed E-state index contributed by atoms with van der Waals surface area (Å²) in [5.74, 6) is 0.861. The predicted octanol–water partition coefficient (Wildman–Crippen LogP) is 2.61. The van der Waals surface area contributed by atoms with Gasteiger partial charge in [-0.25, -0.2) is 9.97 Å². The third kappa shape index (κ3) is 3.50. The van der Waals surface area contributed by atoms with Crippen molar-refractivity contribution in [2.75, 3.05) is 18.5 Å². The average Bonchev–Trinajstić information content (AvgIpc) is 2.01. The number of anilines is 1. The summed E-state index contributed by atoms with van der Waals surface area (Å²) in [7, 11) is 2.00. The molecule has 1 aromatic heterocycles. The Morgan fingerprint density at radius 1 is 1.43 bits per heavy atom. The third-order valence-electron chi connectivity index (χ3n) is 1.71. The molecule has 1 heterocycles. The molecule has 0 aromatic carbocycles. The summed E-state index contributed by atoms with van der Waals surface area (Å²) in [6.45, 7) is 7.49. The first-order valence-electron chi connectivity index (χ1n) is 4.58. The largest absolute Gasteiger partial charge is 0.359 e. The highest BCUT2D eigenvalue weighted by molar-refractivity contribution is 6.28. The molecule has 14 heavy (non-hydrogen) atoms. The van der Waals surface area contributed by atoms with Crippen molar-refractivity contribution in [3.05, 3.63) is 17.5 Å². The minimum atomic E-state index is 0.242. The maximum absolute atomic E-state index is 5.71. The van der Waals surface area contributed by atoms with Crippen LogP contribution in [0.5, 0.6) is 0 Å². The first kappa shape index (κ1) is 11.2. The molecule has 0 radical (unpaired) electrons. The summed E-state index contributed by atoms with van der Waals surface area (Å²) in [4.78, 5) is 10.1. The third-order valence-corrected chi connectivity index (χ3v) is 1.90. The second kappa shape index (κ2) is 4.13. The van der Waals surface area contributed by atoms with Gasteiger partial charge in [0.15, 0.2) is 0 Å². The van der Waals surface area contributed by atoms with E-state index in [2.05, 4.69) is 35.6 Å². The van der Waals surface area contributed by atoms with Crippen LogP contribution in [0, 0.1) is 5.41 Å². The van der Waals surface area contributed by atoms with Gasteiger partial charge in [-0.15, -0.1) is 0 Å². The van der Waals surface area contributed by atoms with Crippen LogP contribution in [0.25, 0.3) is 0 Å². The fourth-order valence-corrected chi connectivity index (χ4v) is 1.47. The zero-order chi connectivity index (χ0) is 10.8. The Balaban J connectivity index is 2.74. The smallest absolute Gasteiger partial charge is 0.224 e. The molecule has 0 aliphatic carbocycles. The monoisotopic (exact) mass is 213 g/mol. The van der Waals surface area contributed by atoms with Gasteiger partial charge >= 0.3 is 0 Å². The molecule has 0 bridgehead atoms. The van der Waals surface area contributed by atoms with E-state index in [4.69, 9.17) is 11.6 Å². The quantitative estimate of drug-likeness (QED) is 0.708. The fourth-order valence-electron chi connectivity index (χ4n) is 1.33. The van der Waals surface area contributed by atoms with Crippen LogP contribution >= 0.6 is 11.6 Å². The SMILES string of the molecule is CN(CC(C)(C)C)c1ccnc(Cl)n1. The van der Waals surface area contributed by atoms with Crippen LogP contribution in [0.2, 0.25) is 5.28 Å². The molecule has 0 spiro atoms. The molecule has 0 aliphatic heterocycles. The molecule has 0 N–H and O–H groups in total. The molecule has 0 aliphatic rings. The highest BCUT2D eigenvalue weighted by atomic mass is 35.5. The van der Waals surface area contributed by atoms with Gasteiger partial charge in [-0.3, -0.25) is 0 Å². The van der Waals surface area contributed by atoms with Gasteiger partial charge in [-0.1, -0.05) is 20.8 Å². The van der Waals surface area contributed by atoms with E-state index in [1.165, 1.54) is 0 Å². The topological polar surface area (TPSA) is 29.0 Å². The molecule has 4 heteroatoms. The summed E-state index contributed by atoms with van der Waals surface area (Å²) in [6, 6.07) is 1.86. The number of halogens is 1. The highest BCUT2D eigenvalue weighted by Crippen LogP contribution is 2.18. The van der Waals surface area contributed by atoms with Crippen molar-refractivity contribution in [2.24, 2.45) is 5.41 Å². The van der Waals surface area contributed by atoms with Gasteiger partial charge < -0.3 is 4.90 Å². The van der Waals surface area contributed by atoms with Gasteiger partial charge in [-0.05, 0) is 23.1 Å².